The second-order valence-electron chi connectivity index (χ2n) is 8.16. The number of carbonyl (C=O) groups excluding carboxylic acids is 2. The summed E-state index contributed by atoms with van der Waals surface area (Å²) in [6, 6.07) is 27.2. The Morgan fingerprint density at radius 3 is 2.28 bits per heavy atom. The maximum atomic E-state index is 12.5. The molecule has 180 valence electrons. The number of hydrazone groups is 1. The first-order valence-electron chi connectivity index (χ1n) is 11.6. The van der Waals surface area contributed by atoms with Crippen molar-refractivity contribution in [3.8, 4) is 22.5 Å². The molecule has 6 nitrogen and oxygen atoms in total. The van der Waals surface area contributed by atoms with Gasteiger partial charge >= 0.3 is 5.97 Å². The third kappa shape index (κ3) is 4.97. The standard InChI is InChI=1S/C29H24N2O4S/c1-2-34-29(33)20-13-11-19(12-14-20)26-16-15-21(35-26)17-30-31-27(32)18-36-28-24-9-5-3-7-22(24)23-8-4-6-10-25(23)28/h3-17,28H,2,18H2,1H3,(H,31,32)/b30-17+. The van der Waals surface area contributed by atoms with Crippen molar-refractivity contribution in [3.05, 3.63) is 107 Å². The molecule has 4 aromatic rings. The maximum absolute atomic E-state index is 12.5. The average Bonchev–Trinajstić information content (AvgIpc) is 3.51. The van der Waals surface area contributed by atoms with Gasteiger partial charge in [0.05, 0.1) is 29.4 Å². The SMILES string of the molecule is CCOC(=O)c1ccc(-c2ccc(/C=N/NC(=O)CSC3c4ccccc4-c4ccccc43)o2)cc1. The van der Waals surface area contributed by atoms with Crippen molar-refractivity contribution in [2.75, 3.05) is 12.4 Å². The number of thioether (sulfide) groups is 1. The number of carbonyl (C=O) groups is 2. The minimum absolute atomic E-state index is 0.120. The van der Waals surface area contributed by atoms with Gasteiger partial charge in [0, 0.05) is 5.56 Å². The smallest absolute Gasteiger partial charge is 0.338 e. The first-order valence-corrected chi connectivity index (χ1v) is 12.7. The van der Waals surface area contributed by atoms with E-state index in [4.69, 9.17) is 9.15 Å². The van der Waals surface area contributed by atoms with Crippen LogP contribution in [-0.4, -0.2) is 30.5 Å². The summed E-state index contributed by atoms with van der Waals surface area (Å²) in [5.74, 6) is 0.880. The Balaban J connectivity index is 1.16. The molecule has 7 heteroatoms. The van der Waals surface area contributed by atoms with Crippen LogP contribution in [0.25, 0.3) is 22.5 Å². The van der Waals surface area contributed by atoms with Crippen molar-refractivity contribution in [3.63, 3.8) is 0 Å². The molecular weight excluding hydrogens is 472 g/mol. The van der Waals surface area contributed by atoms with Crippen molar-refractivity contribution in [2.24, 2.45) is 5.10 Å². The molecule has 0 spiro atoms. The number of hydrogen-bond donors (Lipinski definition) is 1. The second-order valence-corrected chi connectivity index (χ2v) is 9.25. The fourth-order valence-electron chi connectivity index (χ4n) is 4.21. The Bertz CT molecular complexity index is 1380. The Kier molecular flexibility index (Phi) is 7.00. The first kappa shape index (κ1) is 23.6. The molecule has 3 aromatic carbocycles. The van der Waals surface area contributed by atoms with Crippen molar-refractivity contribution >= 4 is 29.9 Å². The molecule has 36 heavy (non-hydrogen) atoms. The van der Waals surface area contributed by atoms with E-state index in [1.165, 1.54) is 28.5 Å². The van der Waals surface area contributed by atoms with Crippen LogP contribution in [0.15, 0.2) is 94.4 Å². The van der Waals surface area contributed by atoms with E-state index < -0.39 is 0 Å². The molecule has 5 rings (SSSR count). The van der Waals surface area contributed by atoms with Crippen LogP contribution in [0, 0.1) is 0 Å². The van der Waals surface area contributed by atoms with Crippen LogP contribution in [0.5, 0.6) is 0 Å². The van der Waals surface area contributed by atoms with Crippen molar-refractivity contribution in [1.29, 1.82) is 0 Å². The van der Waals surface area contributed by atoms with Gasteiger partial charge < -0.3 is 9.15 Å². The number of rotatable bonds is 8. The van der Waals surface area contributed by atoms with Crippen LogP contribution in [-0.2, 0) is 9.53 Å². The van der Waals surface area contributed by atoms with Crippen LogP contribution in [0.4, 0.5) is 0 Å². The van der Waals surface area contributed by atoms with Gasteiger partial charge in [0.2, 0.25) is 5.91 Å². The summed E-state index contributed by atoms with van der Waals surface area (Å²) < 4.78 is 10.8. The summed E-state index contributed by atoms with van der Waals surface area (Å²) in [4.78, 5) is 24.3. The van der Waals surface area contributed by atoms with E-state index in [0.29, 0.717) is 23.7 Å². The maximum Gasteiger partial charge on any atom is 0.338 e. The van der Waals surface area contributed by atoms with Crippen LogP contribution >= 0.6 is 11.8 Å². The Hall–Kier alpha value is -4.10. The van der Waals surface area contributed by atoms with Gasteiger partial charge in [-0.05, 0) is 53.4 Å². The lowest BCUT2D eigenvalue weighted by Crippen LogP contribution is -2.20. The molecule has 1 aliphatic rings. The zero-order chi connectivity index (χ0) is 24.9. The van der Waals surface area contributed by atoms with Gasteiger partial charge in [-0.15, -0.1) is 11.8 Å². The normalized spacial score (nSPS) is 12.4. The zero-order valence-electron chi connectivity index (χ0n) is 19.6. The quantitative estimate of drug-likeness (QED) is 0.182. The number of fused-ring (bicyclic) bond motifs is 3. The third-order valence-electron chi connectivity index (χ3n) is 5.85. The third-order valence-corrected chi connectivity index (χ3v) is 7.12. The van der Waals surface area contributed by atoms with Gasteiger partial charge in [-0.2, -0.15) is 5.10 Å². The predicted octanol–water partition coefficient (Wildman–Crippen LogP) is 6.08. The van der Waals surface area contributed by atoms with Gasteiger partial charge in [0.15, 0.2) is 0 Å². The molecule has 1 heterocycles. The lowest BCUT2D eigenvalue weighted by molar-refractivity contribution is -0.118. The van der Waals surface area contributed by atoms with Gasteiger partial charge in [0.1, 0.15) is 11.5 Å². The number of amides is 1. The summed E-state index contributed by atoms with van der Waals surface area (Å²) in [6.07, 6.45) is 1.47. The van der Waals surface area contributed by atoms with Crippen molar-refractivity contribution < 1.29 is 18.7 Å². The summed E-state index contributed by atoms with van der Waals surface area (Å²) in [6.45, 7) is 2.10. The van der Waals surface area contributed by atoms with E-state index >= 15 is 0 Å². The Morgan fingerprint density at radius 1 is 0.944 bits per heavy atom. The number of nitrogens with zero attached hydrogens (tertiary/aromatic N) is 1. The molecule has 1 aliphatic carbocycles. The van der Waals surface area contributed by atoms with Crippen LogP contribution in [0.1, 0.15) is 39.4 Å². The number of benzene rings is 3. The molecule has 0 radical (unpaired) electrons. The molecule has 0 bridgehead atoms. The minimum atomic E-state index is -0.355. The minimum Gasteiger partial charge on any atom is -0.462 e. The number of hydrogen-bond acceptors (Lipinski definition) is 6. The number of furan rings is 1. The molecule has 1 aromatic heterocycles. The van der Waals surface area contributed by atoms with Crippen molar-refractivity contribution in [2.45, 2.75) is 12.2 Å². The Morgan fingerprint density at radius 2 is 1.61 bits per heavy atom. The topological polar surface area (TPSA) is 80.9 Å². The van der Waals surface area contributed by atoms with Gasteiger partial charge in [-0.3, -0.25) is 4.79 Å². The van der Waals surface area contributed by atoms with E-state index in [9.17, 15) is 9.59 Å². The number of ether oxygens (including phenoxy) is 1. The highest BCUT2D eigenvalue weighted by atomic mass is 32.2. The molecule has 1 N–H and O–H groups in total. The zero-order valence-corrected chi connectivity index (χ0v) is 20.5. The fraction of sp³-hybridized carbons (Fsp3) is 0.138. The summed E-state index contributed by atoms with van der Waals surface area (Å²) in [7, 11) is 0. The highest BCUT2D eigenvalue weighted by molar-refractivity contribution is 8.00. The molecule has 0 saturated carbocycles. The number of esters is 1. The van der Waals surface area contributed by atoms with Gasteiger partial charge in [0.25, 0.3) is 0 Å². The van der Waals surface area contributed by atoms with E-state index in [1.807, 2.05) is 30.3 Å². The molecule has 0 unspecified atom stereocenters. The second kappa shape index (κ2) is 10.7. The van der Waals surface area contributed by atoms with Crippen molar-refractivity contribution in [1.82, 2.24) is 5.43 Å². The predicted molar refractivity (Wildman–Crippen MR) is 142 cm³/mol. The number of nitrogens with one attached hydrogen (secondary N) is 1. The van der Waals surface area contributed by atoms with Gasteiger partial charge in [-0.25, -0.2) is 10.2 Å². The van der Waals surface area contributed by atoms with Crippen LogP contribution in [0.3, 0.4) is 0 Å². The molecule has 0 fully saturated rings. The molecular formula is C29H24N2O4S. The largest absolute Gasteiger partial charge is 0.462 e. The molecule has 0 saturated heterocycles. The summed E-state index contributed by atoms with van der Waals surface area (Å²) >= 11 is 1.59. The fourth-order valence-corrected chi connectivity index (χ4v) is 5.36. The monoisotopic (exact) mass is 496 g/mol. The van der Waals surface area contributed by atoms with E-state index in [1.54, 1.807) is 49.0 Å². The van der Waals surface area contributed by atoms with E-state index in [0.717, 1.165) is 5.56 Å². The highest BCUT2D eigenvalue weighted by Gasteiger charge is 2.28. The van der Waals surface area contributed by atoms with E-state index in [-0.39, 0.29) is 22.9 Å². The van der Waals surface area contributed by atoms with Crippen LogP contribution in [0.2, 0.25) is 0 Å². The summed E-state index contributed by atoms with van der Waals surface area (Å²) in [5, 5.41) is 4.17. The van der Waals surface area contributed by atoms with E-state index in [2.05, 4.69) is 34.8 Å². The molecule has 0 atom stereocenters. The average molecular weight is 497 g/mol. The highest BCUT2D eigenvalue weighted by Crippen LogP contribution is 2.49. The lowest BCUT2D eigenvalue weighted by atomic mass is 10.1. The molecule has 1 amide bonds. The first-order chi connectivity index (χ1) is 17.6. The van der Waals surface area contributed by atoms with Crippen LogP contribution < -0.4 is 5.43 Å². The Labute approximate surface area is 213 Å². The summed E-state index contributed by atoms with van der Waals surface area (Å²) in [5.41, 5.74) is 8.82. The van der Waals surface area contributed by atoms with Gasteiger partial charge in [-0.1, -0.05) is 60.7 Å². The molecule has 0 aliphatic heterocycles. The lowest BCUT2D eigenvalue weighted by Gasteiger charge is -2.12.